The number of carbonyl (C=O) groups is 1. The van der Waals surface area contributed by atoms with Gasteiger partial charge in [0, 0.05) is 0 Å². The Bertz CT molecular complexity index is 381. The first-order chi connectivity index (χ1) is 10.2. The highest BCUT2D eigenvalue weighted by Crippen LogP contribution is 2.07. The first kappa shape index (κ1) is 18.1. The lowest BCUT2D eigenvalue weighted by Gasteiger charge is -2.10. The molecule has 3 nitrogen and oxygen atoms in total. The van der Waals surface area contributed by atoms with E-state index in [-0.39, 0.29) is 18.3 Å². The third-order valence-electron chi connectivity index (χ3n) is 3.25. The van der Waals surface area contributed by atoms with E-state index in [4.69, 9.17) is 4.74 Å². The van der Waals surface area contributed by atoms with E-state index < -0.39 is 11.2 Å². The van der Waals surface area contributed by atoms with Crippen LogP contribution in [0.25, 0.3) is 0 Å². The summed E-state index contributed by atoms with van der Waals surface area (Å²) in [6, 6.07) is 9.53. The Morgan fingerprint density at radius 1 is 1.10 bits per heavy atom. The quantitative estimate of drug-likeness (QED) is 0.354. The molecule has 1 atom stereocenters. The summed E-state index contributed by atoms with van der Waals surface area (Å²) >= 11 is -1.09. The number of carbonyl (C=O) groups excluding carboxylic acids is 1. The lowest BCUT2D eigenvalue weighted by atomic mass is 10.1. The Kier molecular flexibility index (Phi) is 10.0. The van der Waals surface area contributed by atoms with Gasteiger partial charge in [-0.1, -0.05) is 62.9 Å². The Hall–Kier alpha value is -1.00. The van der Waals surface area contributed by atoms with Crippen molar-refractivity contribution in [3.63, 3.8) is 0 Å². The second-order valence-electron chi connectivity index (χ2n) is 5.20. The predicted octanol–water partition coefficient (Wildman–Crippen LogP) is 3.84. The molecule has 0 saturated heterocycles. The van der Waals surface area contributed by atoms with Crippen molar-refractivity contribution in [1.82, 2.24) is 0 Å². The summed E-state index contributed by atoms with van der Waals surface area (Å²) in [4.78, 5) is 11.6. The molecule has 0 aliphatic rings. The normalized spacial score (nSPS) is 12.1. The molecule has 1 aromatic rings. The highest BCUT2D eigenvalue weighted by atomic mass is 32.2. The van der Waals surface area contributed by atoms with Crippen molar-refractivity contribution < 1.29 is 14.1 Å². The number of hydrogen-bond donors (Lipinski definition) is 0. The van der Waals surface area contributed by atoms with E-state index in [1.165, 1.54) is 25.7 Å². The zero-order valence-electron chi connectivity index (χ0n) is 12.9. The molecule has 21 heavy (non-hydrogen) atoms. The molecule has 1 rings (SSSR count). The minimum atomic E-state index is -1.09. The highest BCUT2D eigenvalue weighted by molar-refractivity contribution is 7.92. The standard InChI is InChI=1S/C17H26O3S/c1-2-3-4-5-6-10-13-21(19)15-17(18)20-14-16-11-8-7-9-12-16/h7-9,11-12H,2-6,10,13-15H2,1H3. The molecule has 0 saturated carbocycles. The second-order valence-corrected chi connectivity index (χ2v) is 6.78. The van der Waals surface area contributed by atoms with Crippen molar-refractivity contribution in [2.24, 2.45) is 0 Å². The number of benzene rings is 1. The van der Waals surface area contributed by atoms with Crippen molar-refractivity contribution in [2.45, 2.75) is 52.1 Å². The molecule has 118 valence electrons. The number of esters is 1. The van der Waals surface area contributed by atoms with Gasteiger partial charge in [0.15, 0.2) is 0 Å². The molecule has 0 aliphatic heterocycles. The van der Waals surface area contributed by atoms with Gasteiger partial charge in [0.25, 0.3) is 0 Å². The van der Waals surface area contributed by atoms with Crippen molar-refractivity contribution in [1.29, 1.82) is 0 Å². The SMILES string of the molecule is CCCCCCCC[S+]([O-])CC(=O)OCc1ccccc1. The highest BCUT2D eigenvalue weighted by Gasteiger charge is 2.14. The van der Waals surface area contributed by atoms with E-state index >= 15 is 0 Å². The molecule has 4 heteroatoms. The summed E-state index contributed by atoms with van der Waals surface area (Å²) in [5, 5.41) is 0. The summed E-state index contributed by atoms with van der Waals surface area (Å²) in [5.41, 5.74) is 0.951. The van der Waals surface area contributed by atoms with Crippen molar-refractivity contribution in [3.8, 4) is 0 Å². The van der Waals surface area contributed by atoms with Gasteiger partial charge in [-0.15, -0.1) is 0 Å². The zero-order chi connectivity index (χ0) is 15.3. The molecule has 0 spiro atoms. The van der Waals surface area contributed by atoms with Gasteiger partial charge in [0.05, 0.1) is 0 Å². The Labute approximate surface area is 131 Å². The van der Waals surface area contributed by atoms with Crippen LogP contribution in [0.4, 0.5) is 0 Å². The number of hydrogen-bond acceptors (Lipinski definition) is 3. The van der Waals surface area contributed by atoms with Crippen LogP contribution in [0.3, 0.4) is 0 Å². The smallest absolute Gasteiger partial charge is 0.356 e. The van der Waals surface area contributed by atoms with Crippen LogP contribution in [0.5, 0.6) is 0 Å². The number of rotatable bonds is 11. The van der Waals surface area contributed by atoms with Gasteiger partial charge in [-0.05, 0) is 29.6 Å². The summed E-state index contributed by atoms with van der Waals surface area (Å²) < 4.78 is 16.9. The van der Waals surface area contributed by atoms with E-state index in [1.54, 1.807) is 0 Å². The van der Waals surface area contributed by atoms with Crippen LogP contribution in [0.1, 0.15) is 51.0 Å². The molecular formula is C17H26O3S. The monoisotopic (exact) mass is 310 g/mol. The molecule has 0 aliphatic carbocycles. The van der Waals surface area contributed by atoms with Gasteiger partial charge in [0.1, 0.15) is 12.4 Å². The summed E-state index contributed by atoms with van der Waals surface area (Å²) in [7, 11) is 0. The molecule has 0 radical (unpaired) electrons. The predicted molar refractivity (Wildman–Crippen MR) is 87.5 cm³/mol. The average molecular weight is 310 g/mol. The minimum Gasteiger partial charge on any atom is -0.616 e. The molecule has 0 N–H and O–H groups in total. The molecule has 0 aromatic heterocycles. The Morgan fingerprint density at radius 3 is 2.48 bits per heavy atom. The van der Waals surface area contributed by atoms with Gasteiger partial charge >= 0.3 is 5.97 Å². The maximum Gasteiger partial charge on any atom is 0.356 e. The van der Waals surface area contributed by atoms with Crippen LogP contribution in [-0.4, -0.2) is 22.0 Å². The first-order valence-corrected chi connectivity index (χ1v) is 9.25. The second kappa shape index (κ2) is 11.6. The number of ether oxygens (including phenoxy) is 1. The number of unbranched alkanes of at least 4 members (excludes halogenated alkanes) is 5. The summed E-state index contributed by atoms with van der Waals surface area (Å²) in [6.45, 7) is 2.45. The first-order valence-electron chi connectivity index (χ1n) is 7.77. The molecular weight excluding hydrogens is 284 g/mol. The maximum atomic E-state index is 11.8. The van der Waals surface area contributed by atoms with E-state index in [1.807, 2.05) is 30.3 Å². The van der Waals surface area contributed by atoms with Crippen LogP contribution in [0.15, 0.2) is 30.3 Å². The van der Waals surface area contributed by atoms with Crippen LogP contribution < -0.4 is 0 Å². The Morgan fingerprint density at radius 2 is 1.76 bits per heavy atom. The largest absolute Gasteiger partial charge is 0.616 e. The van der Waals surface area contributed by atoms with Gasteiger partial charge in [0.2, 0.25) is 5.75 Å². The van der Waals surface area contributed by atoms with E-state index in [0.717, 1.165) is 18.4 Å². The average Bonchev–Trinajstić information content (AvgIpc) is 2.50. The lowest BCUT2D eigenvalue weighted by molar-refractivity contribution is -0.141. The van der Waals surface area contributed by atoms with Crippen LogP contribution >= 0.6 is 0 Å². The van der Waals surface area contributed by atoms with E-state index in [0.29, 0.717) is 5.75 Å². The van der Waals surface area contributed by atoms with Crippen molar-refractivity contribution >= 4 is 17.1 Å². The minimum absolute atomic E-state index is 0.0157. The van der Waals surface area contributed by atoms with E-state index in [2.05, 4.69) is 6.92 Å². The van der Waals surface area contributed by atoms with Crippen LogP contribution in [0, 0.1) is 0 Å². The van der Waals surface area contributed by atoms with Gasteiger partial charge < -0.3 is 9.29 Å². The zero-order valence-corrected chi connectivity index (χ0v) is 13.7. The van der Waals surface area contributed by atoms with Gasteiger partial charge in [-0.3, -0.25) is 0 Å². The Balaban J connectivity index is 2.05. The van der Waals surface area contributed by atoms with Crippen LogP contribution in [-0.2, 0) is 27.3 Å². The fraction of sp³-hybridized carbons (Fsp3) is 0.588. The fourth-order valence-corrected chi connectivity index (χ4v) is 3.04. The van der Waals surface area contributed by atoms with Gasteiger partial charge in [-0.25, -0.2) is 4.79 Å². The van der Waals surface area contributed by atoms with Crippen molar-refractivity contribution in [2.75, 3.05) is 11.5 Å². The molecule has 0 heterocycles. The van der Waals surface area contributed by atoms with E-state index in [9.17, 15) is 9.35 Å². The summed E-state index contributed by atoms with van der Waals surface area (Å²) in [6.07, 6.45) is 6.99. The maximum absolute atomic E-state index is 11.8. The third-order valence-corrected chi connectivity index (χ3v) is 4.55. The topological polar surface area (TPSA) is 49.4 Å². The molecule has 0 bridgehead atoms. The third kappa shape index (κ3) is 9.53. The van der Waals surface area contributed by atoms with Crippen molar-refractivity contribution in [3.05, 3.63) is 35.9 Å². The van der Waals surface area contributed by atoms with Crippen LogP contribution in [0.2, 0.25) is 0 Å². The summed E-state index contributed by atoms with van der Waals surface area (Å²) in [5.74, 6) is 0.247. The molecule has 1 aromatic carbocycles. The lowest BCUT2D eigenvalue weighted by Crippen LogP contribution is -2.21. The molecule has 0 amide bonds. The van der Waals surface area contributed by atoms with Gasteiger partial charge in [-0.2, -0.15) is 0 Å². The molecule has 0 fully saturated rings. The molecule has 1 unspecified atom stereocenters. The fourth-order valence-electron chi connectivity index (χ4n) is 2.03.